The summed E-state index contributed by atoms with van der Waals surface area (Å²) in [6.07, 6.45) is -0.248. The summed E-state index contributed by atoms with van der Waals surface area (Å²) in [5.41, 5.74) is -0.114. The highest BCUT2D eigenvalue weighted by Gasteiger charge is 2.35. The van der Waals surface area contributed by atoms with Gasteiger partial charge in [0, 0.05) is 12.1 Å². The second kappa shape index (κ2) is 6.69. The summed E-state index contributed by atoms with van der Waals surface area (Å²) in [5.74, 6) is 0.228. The molecule has 1 heterocycles. The van der Waals surface area contributed by atoms with Gasteiger partial charge < -0.3 is 9.47 Å². The second-order valence-electron chi connectivity index (χ2n) is 5.42. The van der Waals surface area contributed by atoms with E-state index in [1.807, 2.05) is 0 Å². The van der Waals surface area contributed by atoms with E-state index in [0.717, 1.165) is 4.31 Å². The zero-order valence-electron chi connectivity index (χ0n) is 13.4. The number of non-ortho nitro benzene ring substituents is 1. The monoisotopic (exact) mass is 364 g/mol. The number of benzene rings is 2. The Bertz CT molecular complexity index is 881. The molecule has 2 aromatic rings. The first-order valence-corrected chi connectivity index (χ1v) is 8.89. The van der Waals surface area contributed by atoms with Crippen LogP contribution in [-0.4, -0.2) is 39.7 Å². The molecule has 1 unspecified atom stereocenters. The molecule has 0 N–H and O–H groups in total. The van der Waals surface area contributed by atoms with Gasteiger partial charge in [-0.05, 0) is 18.2 Å². The third-order valence-corrected chi connectivity index (χ3v) is 5.54. The number of hydrogen-bond donors (Lipinski definition) is 0. The van der Waals surface area contributed by atoms with Crippen molar-refractivity contribution in [2.24, 2.45) is 0 Å². The molecule has 132 valence electrons. The summed E-state index contributed by atoms with van der Waals surface area (Å²) in [6, 6.07) is 11.7. The Labute approximate surface area is 144 Å². The molecular weight excluding hydrogens is 348 g/mol. The molecular formula is C16H16N2O6S. The van der Waals surface area contributed by atoms with Gasteiger partial charge >= 0.3 is 0 Å². The third-order valence-electron chi connectivity index (χ3n) is 3.74. The van der Waals surface area contributed by atoms with E-state index in [0.29, 0.717) is 6.61 Å². The van der Waals surface area contributed by atoms with Crippen LogP contribution < -0.4 is 9.04 Å². The highest BCUT2D eigenvalue weighted by atomic mass is 32.2. The molecule has 3 rings (SSSR count). The van der Waals surface area contributed by atoms with E-state index in [9.17, 15) is 18.5 Å². The van der Waals surface area contributed by atoms with E-state index in [1.54, 1.807) is 18.2 Å². The zero-order chi connectivity index (χ0) is 18.0. The first-order chi connectivity index (χ1) is 11.9. The average molecular weight is 364 g/mol. The molecule has 1 atom stereocenters. The Morgan fingerprint density at radius 1 is 1.28 bits per heavy atom. The van der Waals surface area contributed by atoms with E-state index < -0.39 is 14.9 Å². The van der Waals surface area contributed by atoms with Crippen LogP contribution >= 0.6 is 0 Å². The summed E-state index contributed by atoms with van der Waals surface area (Å²) in [5, 5.41) is 11.1. The van der Waals surface area contributed by atoms with Crippen molar-refractivity contribution in [2.75, 3.05) is 24.6 Å². The summed E-state index contributed by atoms with van der Waals surface area (Å²) in [4.78, 5) is 10.6. The fourth-order valence-corrected chi connectivity index (χ4v) is 3.91. The predicted molar refractivity (Wildman–Crippen MR) is 90.4 cm³/mol. The van der Waals surface area contributed by atoms with Gasteiger partial charge in [-0.25, -0.2) is 8.42 Å². The van der Waals surface area contributed by atoms with Crippen molar-refractivity contribution < 1.29 is 22.8 Å². The molecule has 25 heavy (non-hydrogen) atoms. The first-order valence-electron chi connectivity index (χ1n) is 7.45. The van der Waals surface area contributed by atoms with Gasteiger partial charge in [0.05, 0.1) is 36.2 Å². The molecule has 0 radical (unpaired) electrons. The number of nitrogens with zero attached hydrogens (tertiary/aromatic N) is 2. The van der Waals surface area contributed by atoms with Crippen molar-refractivity contribution in [1.82, 2.24) is 0 Å². The van der Waals surface area contributed by atoms with E-state index in [2.05, 4.69) is 0 Å². The number of nitro groups is 1. The maximum absolute atomic E-state index is 13.1. The van der Waals surface area contributed by atoms with Crippen LogP contribution in [0.3, 0.4) is 0 Å². The maximum Gasteiger partial charge on any atom is 0.271 e. The quantitative estimate of drug-likeness (QED) is 0.424. The number of epoxide rings is 1. The van der Waals surface area contributed by atoms with Crippen molar-refractivity contribution in [3.63, 3.8) is 0 Å². The third kappa shape index (κ3) is 3.57. The van der Waals surface area contributed by atoms with Crippen LogP contribution in [0.15, 0.2) is 53.4 Å². The molecule has 0 aromatic heterocycles. The molecule has 8 nitrogen and oxygen atoms in total. The van der Waals surface area contributed by atoms with Crippen LogP contribution in [0, 0.1) is 10.1 Å². The number of rotatable bonds is 7. The summed E-state index contributed by atoms with van der Waals surface area (Å²) in [7, 11) is -2.55. The second-order valence-corrected chi connectivity index (χ2v) is 7.28. The molecule has 1 aliphatic rings. The van der Waals surface area contributed by atoms with Gasteiger partial charge in [-0.1, -0.05) is 18.2 Å². The number of hydrogen-bond acceptors (Lipinski definition) is 6. The fourth-order valence-electron chi connectivity index (χ4n) is 2.39. The smallest absolute Gasteiger partial charge is 0.271 e. The van der Waals surface area contributed by atoms with Gasteiger partial charge in [-0.3, -0.25) is 14.4 Å². The van der Waals surface area contributed by atoms with Crippen LogP contribution in [0.5, 0.6) is 5.75 Å². The number of sulfonamides is 1. The summed E-state index contributed by atoms with van der Waals surface area (Å²) in [6.45, 7) is 0.493. The van der Waals surface area contributed by atoms with Crippen LogP contribution in [0.4, 0.5) is 11.4 Å². The molecule has 1 aliphatic heterocycles. The lowest BCUT2D eigenvalue weighted by Crippen LogP contribution is -2.34. The van der Waals surface area contributed by atoms with Gasteiger partial charge in [-0.15, -0.1) is 0 Å². The minimum atomic E-state index is -3.93. The number of anilines is 1. The van der Waals surface area contributed by atoms with Crippen molar-refractivity contribution in [3.05, 3.63) is 58.6 Å². The summed E-state index contributed by atoms with van der Waals surface area (Å²) < 4.78 is 37.7. The van der Waals surface area contributed by atoms with Crippen LogP contribution in [0.2, 0.25) is 0 Å². The topological polar surface area (TPSA) is 102 Å². The van der Waals surface area contributed by atoms with E-state index >= 15 is 0 Å². The zero-order valence-corrected chi connectivity index (χ0v) is 14.2. The fraction of sp³-hybridized carbons (Fsp3) is 0.250. The van der Waals surface area contributed by atoms with Crippen molar-refractivity contribution >= 4 is 21.4 Å². The van der Waals surface area contributed by atoms with Gasteiger partial charge in [0.15, 0.2) is 0 Å². The van der Waals surface area contributed by atoms with Gasteiger partial charge in [-0.2, -0.15) is 0 Å². The van der Waals surface area contributed by atoms with E-state index in [4.69, 9.17) is 9.47 Å². The van der Waals surface area contributed by atoms with Gasteiger partial charge in [0.25, 0.3) is 15.7 Å². The van der Waals surface area contributed by atoms with E-state index in [-0.39, 0.29) is 34.7 Å². The molecule has 0 spiro atoms. The molecule has 1 saturated heterocycles. The molecule has 0 saturated carbocycles. The lowest BCUT2D eigenvalue weighted by Gasteiger charge is -2.25. The van der Waals surface area contributed by atoms with Gasteiger partial charge in [0.1, 0.15) is 11.4 Å². The lowest BCUT2D eigenvalue weighted by molar-refractivity contribution is -0.384. The predicted octanol–water partition coefficient (Wildman–Crippen LogP) is 2.20. The molecule has 0 amide bonds. The number of ether oxygens (including phenoxy) is 2. The Balaban J connectivity index is 2.13. The SMILES string of the molecule is COc1ccc([N+](=O)[O-])cc1N(CC1CO1)S(=O)(=O)c1ccccc1. The lowest BCUT2D eigenvalue weighted by atomic mass is 10.2. The van der Waals surface area contributed by atoms with Crippen molar-refractivity contribution in [1.29, 1.82) is 0 Å². The standard InChI is InChI=1S/C16H16N2O6S/c1-23-16-8-7-12(18(19)20)9-15(16)17(10-13-11-24-13)25(21,22)14-5-3-2-4-6-14/h2-9,13H,10-11H2,1H3. The van der Waals surface area contributed by atoms with Gasteiger partial charge in [0.2, 0.25) is 0 Å². The normalized spacial score (nSPS) is 16.3. The number of nitro benzene ring substituents is 1. The largest absolute Gasteiger partial charge is 0.495 e. The Morgan fingerprint density at radius 3 is 2.52 bits per heavy atom. The highest BCUT2D eigenvalue weighted by molar-refractivity contribution is 7.92. The van der Waals surface area contributed by atoms with Crippen molar-refractivity contribution in [2.45, 2.75) is 11.0 Å². The molecule has 2 aromatic carbocycles. The minimum Gasteiger partial charge on any atom is -0.495 e. The van der Waals surface area contributed by atoms with Crippen LogP contribution in [-0.2, 0) is 14.8 Å². The van der Waals surface area contributed by atoms with Crippen molar-refractivity contribution in [3.8, 4) is 5.75 Å². The summed E-state index contributed by atoms with van der Waals surface area (Å²) >= 11 is 0. The maximum atomic E-state index is 13.1. The van der Waals surface area contributed by atoms with E-state index in [1.165, 1.54) is 37.4 Å². The molecule has 9 heteroatoms. The molecule has 0 aliphatic carbocycles. The highest BCUT2D eigenvalue weighted by Crippen LogP contribution is 2.36. The Kier molecular flexibility index (Phi) is 4.60. The van der Waals surface area contributed by atoms with Crippen LogP contribution in [0.25, 0.3) is 0 Å². The minimum absolute atomic E-state index is 0.0504. The molecule has 0 bridgehead atoms. The number of methoxy groups -OCH3 is 1. The molecule has 1 fully saturated rings. The Morgan fingerprint density at radius 2 is 1.96 bits per heavy atom. The first kappa shape index (κ1) is 17.2. The van der Waals surface area contributed by atoms with Crippen LogP contribution in [0.1, 0.15) is 0 Å². The average Bonchev–Trinajstić information content (AvgIpc) is 3.44. The Hall–Kier alpha value is -2.65.